The van der Waals surface area contributed by atoms with Crippen LogP contribution in [-0.4, -0.2) is 47.7 Å². The molecule has 0 unspecified atom stereocenters. The molecule has 0 aliphatic carbocycles. The number of halogens is 1. The summed E-state index contributed by atoms with van der Waals surface area (Å²) in [5, 5.41) is 21.4. The normalized spacial score (nSPS) is 10.9. The first-order valence-corrected chi connectivity index (χ1v) is 20.5. The molecule has 0 saturated carbocycles. The Morgan fingerprint density at radius 2 is 1.02 bits per heavy atom. The molecule has 290 valence electrons. The van der Waals surface area contributed by atoms with E-state index in [1.165, 1.54) is 11.6 Å². The minimum absolute atomic E-state index is 0.185. The van der Waals surface area contributed by atoms with Gasteiger partial charge in [-0.2, -0.15) is 0 Å². The SMILES string of the molecule is CCCCN(Cc1ccccc1)c1nnc(-c2cc(C)c(OC)c(C)c2)s1.CCCCN(Cc1ccccc1F)c1nnc(-c2cc(C)c(OC)c(C)c2)s1. The summed E-state index contributed by atoms with van der Waals surface area (Å²) in [6.07, 6.45) is 4.39. The largest absolute Gasteiger partial charge is 0.496 e. The van der Waals surface area contributed by atoms with Crippen molar-refractivity contribution in [3.05, 3.63) is 118 Å². The monoisotopic (exact) mass is 780 g/mol. The second-order valence-electron chi connectivity index (χ2n) is 13.7. The predicted molar refractivity (Wildman–Crippen MR) is 227 cm³/mol. The van der Waals surface area contributed by atoms with E-state index < -0.39 is 0 Å². The average Bonchev–Trinajstić information content (AvgIpc) is 3.88. The third kappa shape index (κ3) is 10.9. The zero-order chi connectivity index (χ0) is 39.3. The molecule has 0 fully saturated rings. The number of anilines is 2. The summed E-state index contributed by atoms with van der Waals surface area (Å²) in [7, 11) is 3.40. The molecule has 0 saturated heterocycles. The lowest BCUT2D eigenvalue weighted by Crippen LogP contribution is -2.24. The molecule has 0 spiro atoms. The molecule has 0 atom stereocenters. The van der Waals surface area contributed by atoms with Crippen LogP contribution in [0, 0.1) is 33.5 Å². The van der Waals surface area contributed by atoms with Gasteiger partial charge in [-0.15, -0.1) is 20.4 Å². The summed E-state index contributed by atoms with van der Waals surface area (Å²) >= 11 is 3.20. The summed E-state index contributed by atoms with van der Waals surface area (Å²) < 4.78 is 25.1. The van der Waals surface area contributed by atoms with Gasteiger partial charge in [-0.05, 0) is 98.7 Å². The molecule has 6 rings (SSSR count). The Morgan fingerprint density at radius 1 is 0.582 bits per heavy atom. The highest BCUT2D eigenvalue weighted by molar-refractivity contribution is 7.18. The fraction of sp³-hybridized carbons (Fsp3) is 0.364. The highest BCUT2D eigenvalue weighted by Gasteiger charge is 2.18. The summed E-state index contributed by atoms with van der Waals surface area (Å²) in [4.78, 5) is 4.45. The van der Waals surface area contributed by atoms with Crippen molar-refractivity contribution < 1.29 is 13.9 Å². The Hall–Kier alpha value is -4.87. The topological polar surface area (TPSA) is 76.5 Å². The summed E-state index contributed by atoms with van der Waals surface area (Å²) in [5.74, 6) is 1.66. The number of methoxy groups -OCH3 is 2. The van der Waals surface area contributed by atoms with Crippen LogP contribution in [0.5, 0.6) is 11.5 Å². The number of nitrogens with zero attached hydrogens (tertiary/aromatic N) is 6. The maximum absolute atomic E-state index is 14.1. The Bertz CT molecular complexity index is 2070. The highest BCUT2D eigenvalue weighted by Crippen LogP contribution is 2.36. The molecular formula is C44H53FN6O2S2. The van der Waals surface area contributed by atoms with Crippen LogP contribution in [0.4, 0.5) is 14.7 Å². The van der Waals surface area contributed by atoms with E-state index >= 15 is 0 Å². The number of rotatable bonds is 16. The Labute approximate surface area is 334 Å². The molecule has 4 aromatic carbocycles. The molecule has 0 bridgehead atoms. The van der Waals surface area contributed by atoms with Crippen molar-refractivity contribution in [3.8, 4) is 32.6 Å². The first kappa shape index (κ1) is 41.3. The Balaban J connectivity index is 0.000000211. The van der Waals surface area contributed by atoms with Gasteiger partial charge in [0.1, 0.15) is 27.3 Å². The van der Waals surface area contributed by atoms with E-state index in [4.69, 9.17) is 9.47 Å². The maximum Gasteiger partial charge on any atom is 0.208 e. The molecule has 0 aliphatic heterocycles. The number of benzene rings is 4. The quantitative estimate of drug-likeness (QED) is 0.0961. The Kier molecular flexibility index (Phi) is 15.1. The van der Waals surface area contributed by atoms with E-state index in [1.54, 1.807) is 43.0 Å². The lowest BCUT2D eigenvalue weighted by Gasteiger charge is -2.21. The molecule has 2 heterocycles. The number of hydrogen-bond donors (Lipinski definition) is 0. The third-order valence-corrected chi connectivity index (χ3v) is 11.4. The number of hydrogen-bond acceptors (Lipinski definition) is 10. The third-order valence-electron chi connectivity index (χ3n) is 9.29. The molecule has 0 aliphatic rings. The number of aryl methyl sites for hydroxylation is 4. The minimum atomic E-state index is -0.185. The molecule has 0 amide bonds. The van der Waals surface area contributed by atoms with Gasteiger partial charge in [0.05, 0.1) is 14.2 Å². The minimum Gasteiger partial charge on any atom is -0.496 e. The smallest absolute Gasteiger partial charge is 0.208 e. The summed E-state index contributed by atoms with van der Waals surface area (Å²) in [6.45, 7) is 15.7. The van der Waals surface area contributed by atoms with Crippen LogP contribution in [0.25, 0.3) is 21.1 Å². The van der Waals surface area contributed by atoms with Crippen molar-refractivity contribution in [1.82, 2.24) is 20.4 Å². The molecule has 6 aromatic rings. The van der Waals surface area contributed by atoms with Gasteiger partial charge in [-0.1, -0.05) is 97.9 Å². The van der Waals surface area contributed by atoms with Gasteiger partial charge < -0.3 is 19.3 Å². The lowest BCUT2D eigenvalue weighted by atomic mass is 10.1. The second-order valence-corrected chi connectivity index (χ2v) is 15.6. The average molecular weight is 781 g/mol. The van der Waals surface area contributed by atoms with E-state index in [2.05, 4.69) is 112 Å². The van der Waals surface area contributed by atoms with Gasteiger partial charge in [-0.25, -0.2) is 4.39 Å². The van der Waals surface area contributed by atoms with E-state index in [0.29, 0.717) is 12.1 Å². The van der Waals surface area contributed by atoms with Crippen LogP contribution in [-0.2, 0) is 13.1 Å². The molecule has 55 heavy (non-hydrogen) atoms. The van der Waals surface area contributed by atoms with Gasteiger partial charge in [0, 0.05) is 42.9 Å². The van der Waals surface area contributed by atoms with Crippen LogP contribution in [0.1, 0.15) is 72.9 Å². The van der Waals surface area contributed by atoms with Crippen LogP contribution in [0.3, 0.4) is 0 Å². The molecule has 0 N–H and O–H groups in total. The van der Waals surface area contributed by atoms with E-state index in [1.807, 2.05) is 26.0 Å². The zero-order valence-corrected chi connectivity index (χ0v) is 35.0. The molecule has 0 radical (unpaired) electrons. The van der Waals surface area contributed by atoms with Gasteiger partial charge >= 0.3 is 0 Å². The highest BCUT2D eigenvalue weighted by atomic mass is 32.1. The molecular weight excluding hydrogens is 728 g/mol. The van der Waals surface area contributed by atoms with Crippen molar-refractivity contribution in [2.75, 3.05) is 37.1 Å². The maximum atomic E-state index is 14.1. The van der Waals surface area contributed by atoms with Crippen molar-refractivity contribution >= 4 is 32.9 Å². The van der Waals surface area contributed by atoms with Crippen LogP contribution in [0.2, 0.25) is 0 Å². The number of ether oxygens (including phenoxy) is 2. The van der Waals surface area contributed by atoms with Crippen molar-refractivity contribution in [3.63, 3.8) is 0 Å². The first-order chi connectivity index (χ1) is 26.6. The second kappa shape index (κ2) is 20.2. The van der Waals surface area contributed by atoms with Crippen LogP contribution >= 0.6 is 22.7 Å². The van der Waals surface area contributed by atoms with E-state index in [9.17, 15) is 4.39 Å². The van der Waals surface area contributed by atoms with Gasteiger partial charge in [0.2, 0.25) is 10.3 Å². The van der Waals surface area contributed by atoms with Crippen molar-refractivity contribution in [2.45, 2.75) is 80.3 Å². The van der Waals surface area contributed by atoms with E-state index in [0.717, 1.165) is 110 Å². The zero-order valence-electron chi connectivity index (χ0n) is 33.4. The van der Waals surface area contributed by atoms with Crippen LogP contribution in [0.15, 0.2) is 78.9 Å². The number of unbranched alkanes of at least 4 members (excludes halogenated alkanes) is 2. The summed E-state index contributed by atoms with van der Waals surface area (Å²) in [6, 6.07) is 25.9. The van der Waals surface area contributed by atoms with Gasteiger partial charge in [0.25, 0.3) is 0 Å². The molecule has 11 heteroatoms. The number of aromatic nitrogens is 4. The Morgan fingerprint density at radius 3 is 1.45 bits per heavy atom. The molecule has 2 aromatic heterocycles. The fourth-order valence-corrected chi connectivity index (χ4v) is 8.24. The van der Waals surface area contributed by atoms with Gasteiger partial charge in [0.15, 0.2) is 0 Å². The predicted octanol–water partition coefficient (Wildman–Crippen LogP) is 11.4. The van der Waals surface area contributed by atoms with Crippen LogP contribution < -0.4 is 19.3 Å². The van der Waals surface area contributed by atoms with Gasteiger partial charge in [-0.3, -0.25) is 0 Å². The molecule has 8 nitrogen and oxygen atoms in total. The fourth-order valence-electron chi connectivity index (χ4n) is 6.53. The summed E-state index contributed by atoms with van der Waals surface area (Å²) in [5.41, 5.74) is 8.48. The van der Waals surface area contributed by atoms with Crippen molar-refractivity contribution in [2.24, 2.45) is 0 Å². The van der Waals surface area contributed by atoms with Crippen molar-refractivity contribution in [1.29, 1.82) is 0 Å². The first-order valence-electron chi connectivity index (χ1n) is 18.9. The van der Waals surface area contributed by atoms with E-state index in [-0.39, 0.29) is 5.82 Å². The standard InChI is InChI=1S/C22H26FN3OS.C22H27N3OS/c1-5-6-11-26(14-17-9-7-8-10-19(17)23)22-25-24-21(28-22)18-12-15(2)20(27-4)16(3)13-18;1-5-6-12-25(15-18-10-8-7-9-11-18)22-24-23-21(27-22)19-13-16(2)20(26-4)17(3)14-19/h7-10,12-13H,5-6,11,14H2,1-4H3;7-11,13-14H,5-6,12,15H2,1-4H3. The lowest BCUT2D eigenvalue weighted by molar-refractivity contribution is 0.408.